The van der Waals surface area contributed by atoms with Crippen LogP contribution in [0.15, 0.2) is 28.6 Å². The van der Waals surface area contributed by atoms with Gasteiger partial charge in [0.05, 0.1) is 12.7 Å². The molecule has 0 fully saturated rings. The lowest BCUT2D eigenvalue weighted by atomic mass is 10.1. The molecule has 0 saturated heterocycles. The van der Waals surface area contributed by atoms with Crippen LogP contribution in [0.1, 0.15) is 15.9 Å². The van der Waals surface area contributed by atoms with Crippen LogP contribution in [0, 0.1) is 0 Å². The highest BCUT2D eigenvalue weighted by Crippen LogP contribution is 2.28. The second kappa shape index (κ2) is 6.53. The number of esters is 1. The highest BCUT2D eigenvalue weighted by atomic mass is 32.2. The standard InChI is InChI=1S/C12H13N3O2S2/c1-13-11-14-15-12(19-11)18-7-8-4-3-5-9(6-8)10(16)17-2/h3-6H,7H2,1-2H3,(H,13,14). The van der Waals surface area contributed by atoms with E-state index in [1.54, 1.807) is 17.8 Å². The molecule has 19 heavy (non-hydrogen) atoms. The Kier molecular flexibility index (Phi) is 4.75. The van der Waals surface area contributed by atoms with E-state index in [2.05, 4.69) is 15.5 Å². The fourth-order valence-electron chi connectivity index (χ4n) is 1.42. The largest absolute Gasteiger partial charge is 0.465 e. The first-order chi connectivity index (χ1) is 9.22. The zero-order valence-electron chi connectivity index (χ0n) is 10.5. The lowest BCUT2D eigenvalue weighted by Crippen LogP contribution is -2.01. The molecule has 0 spiro atoms. The predicted octanol–water partition coefficient (Wildman–Crippen LogP) is 2.66. The second-order valence-corrected chi connectivity index (χ2v) is 5.80. The summed E-state index contributed by atoms with van der Waals surface area (Å²) in [5, 5.41) is 11.8. The maximum atomic E-state index is 11.4. The summed E-state index contributed by atoms with van der Waals surface area (Å²) < 4.78 is 5.59. The van der Waals surface area contributed by atoms with Gasteiger partial charge in [-0.2, -0.15) is 0 Å². The fraction of sp³-hybridized carbons (Fsp3) is 0.250. The molecule has 2 rings (SSSR count). The molecule has 0 amide bonds. The van der Waals surface area contributed by atoms with E-state index in [0.29, 0.717) is 5.56 Å². The minimum absolute atomic E-state index is 0.319. The summed E-state index contributed by atoms with van der Waals surface area (Å²) in [6, 6.07) is 7.39. The van der Waals surface area contributed by atoms with Crippen LogP contribution in [0.3, 0.4) is 0 Å². The average Bonchev–Trinajstić information content (AvgIpc) is 2.92. The molecule has 0 aliphatic rings. The molecule has 1 heterocycles. The first-order valence-electron chi connectivity index (χ1n) is 5.54. The molecule has 0 unspecified atom stereocenters. The number of rotatable bonds is 5. The minimum Gasteiger partial charge on any atom is -0.465 e. The topological polar surface area (TPSA) is 64.1 Å². The molecule has 1 N–H and O–H groups in total. The van der Waals surface area contributed by atoms with Gasteiger partial charge in [-0.1, -0.05) is 35.2 Å². The van der Waals surface area contributed by atoms with Crippen molar-refractivity contribution in [1.29, 1.82) is 0 Å². The van der Waals surface area contributed by atoms with E-state index in [4.69, 9.17) is 4.74 Å². The van der Waals surface area contributed by atoms with Crippen LogP contribution in [-0.2, 0) is 10.5 Å². The summed E-state index contributed by atoms with van der Waals surface area (Å²) in [4.78, 5) is 11.4. The molecule has 0 bridgehead atoms. The lowest BCUT2D eigenvalue weighted by molar-refractivity contribution is 0.0600. The predicted molar refractivity (Wildman–Crippen MR) is 76.8 cm³/mol. The zero-order chi connectivity index (χ0) is 13.7. The number of benzene rings is 1. The maximum Gasteiger partial charge on any atom is 0.337 e. The smallest absolute Gasteiger partial charge is 0.337 e. The molecule has 7 heteroatoms. The number of carbonyl (C=O) groups is 1. The van der Waals surface area contributed by atoms with Crippen LogP contribution < -0.4 is 5.32 Å². The van der Waals surface area contributed by atoms with Crippen LogP contribution >= 0.6 is 23.1 Å². The quantitative estimate of drug-likeness (QED) is 0.676. The Morgan fingerprint density at radius 3 is 3.00 bits per heavy atom. The van der Waals surface area contributed by atoms with E-state index in [9.17, 15) is 4.79 Å². The summed E-state index contributed by atoms with van der Waals surface area (Å²) in [6.07, 6.45) is 0. The normalized spacial score (nSPS) is 10.2. The van der Waals surface area contributed by atoms with Gasteiger partial charge in [-0.05, 0) is 17.7 Å². The summed E-state index contributed by atoms with van der Waals surface area (Å²) in [5.41, 5.74) is 1.61. The monoisotopic (exact) mass is 295 g/mol. The highest BCUT2D eigenvalue weighted by molar-refractivity contribution is 8.00. The molecular weight excluding hydrogens is 282 g/mol. The Bertz CT molecular complexity index is 572. The number of nitrogens with zero attached hydrogens (tertiary/aromatic N) is 2. The number of hydrogen-bond donors (Lipinski definition) is 1. The van der Waals surface area contributed by atoms with Gasteiger partial charge in [0.1, 0.15) is 0 Å². The Labute approximate surface area is 119 Å². The van der Waals surface area contributed by atoms with Gasteiger partial charge in [-0.25, -0.2) is 4.79 Å². The molecule has 0 radical (unpaired) electrons. The van der Waals surface area contributed by atoms with Crippen LogP contribution in [-0.4, -0.2) is 30.3 Å². The molecule has 0 saturated carbocycles. The van der Waals surface area contributed by atoms with E-state index in [0.717, 1.165) is 20.8 Å². The highest BCUT2D eigenvalue weighted by Gasteiger charge is 2.07. The van der Waals surface area contributed by atoms with Crippen molar-refractivity contribution >= 4 is 34.2 Å². The fourth-order valence-corrected chi connectivity index (χ4v) is 3.07. The molecular formula is C12H13N3O2S2. The summed E-state index contributed by atoms with van der Waals surface area (Å²) in [6.45, 7) is 0. The van der Waals surface area contributed by atoms with Crippen molar-refractivity contribution in [2.45, 2.75) is 10.1 Å². The average molecular weight is 295 g/mol. The number of anilines is 1. The molecule has 0 aliphatic heterocycles. The number of methoxy groups -OCH3 is 1. The Morgan fingerprint density at radius 2 is 2.32 bits per heavy atom. The zero-order valence-corrected chi connectivity index (χ0v) is 12.2. The molecule has 2 aromatic rings. The second-order valence-electron chi connectivity index (χ2n) is 3.60. The van der Waals surface area contributed by atoms with Crippen molar-refractivity contribution in [3.05, 3.63) is 35.4 Å². The van der Waals surface area contributed by atoms with Gasteiger partial charge in [0, 0.05) is 12.8 Å². The van der Waals surface area contributed by atoms with Crippen LogP contribution in [0.4, 0.5) is 5.13 Å². The summed E-state index contributed by atoms with van der Waals surface area (Å²) in [7, 11) is 3.19. The number of ether oxygens (including phenoxy) is 1. The van der Waals surface area contributed by atoms with Gasteiger partial charge in [0.25, 0.3) is 0 Å². The molecule has 1 aromatic carbocycles. The van der Waals surface area contributed by atoms with Gasteiger partial charge in [0.15, 0.2) is 4.34 Å². The lowest BCUT2D eigenvalue weighted by Gasteiger charge is -2.02. The van der Waals surface area contributed by atoms with Crippen LogP contribution in [0.25, 0.3) is 0 Å². The van der Waals surface area contributed by atoms with Gasteiger partial charge in [-0.15, -0.1) is 10.2 Å². The number of aromatic nitrogens is 2. The summed E-state index contributed by atoms with van der Waals surface area (Å²) >= 11 is 3.10. The van der Waals surface area contributed by atoms with Crippen molar-refractivity contribution < 1.29 is 9.53 Å². The van der Waals surface area contributed by atoms with E-state index in [1.165, 1.54) is 18.4 Å². The molecule has 1 aromatic heterocycles. The van der Waals surface area contributed by atoms with Crippen LogP contribution in [0.2, 0.25) is 0 Å². The number of nitrogens with one attached hydrogen (secondary N) is 1. The number of hydrogen-bond acceptors (Lipinski definition) is 7. The van der Waals surface area contributed by atoms with E-state index in [1.807, 2.05) is 25.2 Å². The summed E-state index contributed by atoms with van der Waals surface area (Å²) in [5.74, 6) is 0.420. The third-order valence-electron chi connectivity index (χ3n) is 2.33. The minimum atomic E-state index is -0.319. The van der Waals surface area contributed by atoms with Crippen LogP contribution in [0.5, 0.6) is 0 Å². The third-order valence-corrected chi connectivity index (χ3v) is 4.48. The molecule has 100 valence electrons. The molecule has 0 aliphatic carbocycles. The number of thioether (sulfide) groups is 1. The van der Waals surface area contributed by atoms with Gasteiger partial charge in [-0.3, -0.25) is 0 Å². The number of carbonyl (C=O) groups excluding carboxylic acids is 1. The first-order valence-corrected chi connectivity index (χ1v) is 7.34. The van der Waals surface area contributed by atoms with Gasteiger partial charge in [0.2, 0.25) is 5.13 Å². The Morgan fingerprint density at radius 1 is 1.47 bits per heavy atom. The van der Waals surface area contributed by atoms with E-state index >= 15 is 0 Å². The van der Waals surface area contributed by atoms with Gasteiger partial charge >= 0.3 is 5.97 Å². The maximum absolute atomic E-state index is 11.4. The SMILES string of the molecule is CNc1nnc(SCc2cccc(C(=O)OC)c2)s1. The van der Waals surface area contributed by atoms with Crippen molar-refractivity contribution in [1.82, 2.24) is 10.2 Å². The van der Waals surface area contributed by atoms with Crippen molar-refractivity contribution in [3.8, 4) is 0 Å². The Hall–Kier alpha value is -1.60. The van der Waals surface area contributed by atoms with Crippen molar-refractivity contribution in [2.75, 3.05) is 19.5 Å². The molecule has 5 nitrogen and oxygen atoms in total. The van der Waals surface area contributed by atoms with Crippen molar-refractivity contribution in [3.63, 3.8) is 0 Å². The van der Waals surface area contributed by atoms with E-state index < -0.39 is 0 Å². The van der Waals surface area contributed by atoms with Gasteiger partial charge < -0.3 is 10.1 Å². The first kappa shape index (κ1) is 13.8. The third kappa shape index (κ3) is 3.68. The Balaban J connectivity index is 2.01. The van der Waals surface area contributed by atoms with Crippen molar-refractivity contribution in [2.24, 2.45) is 0 Å². The molecule has 0 atom stereocenters. The van der Waals surface area contributed by atoms with E-state index in [-0.39, 0.29) is 5.97 Å².